The van der Waals surface area contributed by atoms with Crippen molar-refractivity contribution in [1.82, 2.24) is 15.2 Å². The van der Waals surface area contributed by atoms with Gasteiger partial charge in [0.05, 0.1) is 11.4 Å². The molecule has 6 heteroatoms. The van der Waals surface area contributed by atoms with Crippen molar-refractivity contribution in [2.24, 2.45) is 0 Å². The van der Waals surface area contributed by atoms with E-state index in [0.29, 0.717) is 16.8 Å². The third-order valence-corrected chi connectivity index (χ3v) is 4.20. The lowest BCUT2D eigenvalue weighted by Crippen LogP contribution is -2.02. The number of ketones is 1. The maximum atomic E-state index is 11.9. The lowest BCUT2D eigenvalue weighted by molar-refractivity contribution is 0.101. The largest absolute Gasteiger partial charge is 0.411 e. The number of nitrogens with zero attached hydrogens (tertiary/aromatic N) is 2. The number of hydrogen-bond donors (Lipinski definition) is 1. The van der Waals surface area contributed by atoms with E-state index in [9.17, 15) is 4.79 Å². The number of aromatic amines is 1. The summed E-state index contributed by atoms with van der Waals surface area (Å²) in [6.07, 6.45) is 1.72. The van der Waals surface area contributed by atoms with Gasteiger partial charge in [-0.05, 0) is 49.2 Å². The number of aryl methyl sites for hydroxylation is 2. The molecular formula is C16H15N3O2S. The highest BCUT2D eigenvalue weighted by Gasteiger charge is 2.13. The predicted molar refractivity (Wildman–Crippen MR) is 85.1 cm³/mol. The molecule has 0 amide bonds. The van der Waals surface area contributed by atoms with Crippen LogP contribution in [0.2, 0.25) is 0 Å². The topological polar surface area (TPSA) is 71.8 Å². The van der Waals surface area contributed by atoms with Crippen molar-refractivity contribution in [2.75, 3.05) is 5.75 Å². The van der Waals surface area contributed by atoms with E-state index in [0.717, 1.165) is 5.56 Å². The van der Waals surface area contributed by atoms with Crippen molar-refractivity contribution < 1.29 is 9.21 Å². The van der Waals surface area contributed by atoms with Crippen molar-refractivity contribution in [1.29, 1.82) is 0 Å². The number of hydrogen-bond acceptors (Lipinski definition) is 5. The molecule has 2 aromatic heterocycles. The maximum Gasteiger partial charge on any atom is 0.277 e. The second kappa shape index (κ2) is 6.19. The normalized spacial score (nSPS) is 10.8. The summed E-state index contributed by atoms with van der Waals surface area (Å²) in [5.74, 6) is 0.730. The molecule has 1 N–H and O–H groups in total. The summed E-state index contributed by atoms with van der Waals surface area (Å²) in [5.41, 5.74) is 3.86. The minimum atomic E-state index is 0.000861. The minimum Gasteiger partial charge on any atom is -0.411 e. The maximum absolute atomic E-state index is 11.9. The number of rotatable bonds is 5. The van der Waals surface area contributed by atoms with Gasteiger partial charge in [0, 0.05) is 11.8 Å². The van der Waals surface area contributed by atoms with E-state index in [1.807, 2.05) is 25.1 Å². The Morgan fingerprint density at radius 2 is 2.09 bits per heavy atom. The molecular weight excluding hydrogens is 298 g/mol. The Kier molecular flexibility index (Phi) is 4.11. The van der Waals surface area contributed by atoms with Gasteiger partial charge in [-0.25, -0.2) is 0 Å². The zero-order valence-electron chi connectivity index (χ0n) is 12.3. The number of carbonyl (C=O) groups excluding carboxylic acids is 1. The van der Waals surface area contributed by atoms with Crippen LogP contribution in [0.4, 0.5) is 0 Å². The summed E-state index contributed by atoms with van der Waals surface area (Å²) in [6, 6.07) is 9.53. The molecule has 0 fully saturated rings. The number of aromatic nitrogens is 3. The van der Waals surface area contributed by atoms with Gasteiger partial charge in [-0.3, -0.25) is 4.79 Å². The van der Waals surface area contributed by atoms with Crippen LogP contribution in [-0.2, 0) is 0 Å². The summed E-state index contributed by atoms with van der Waals surface area (Å²) < 4.78 is 5.61. The second-order valence-electron chi connectivity index (χ2n) is 4.97. The molecule has 22 heavy (non-hydrogen) atoms. The van der Waals surface area contributed by atoms with Gasteiger partial charge in [0.25, 0.3) is 5.22 Å². The Hall–Kier alpha value is -2.34. The standard InChI is InChI=1S/C16H15N3O2S/c1-10-5-6-12(8-11(10)2)15-18-19-16(21-15)22-9-14(20)13-4-3-7-17-13/h3-8,17H,9H2,1-2H3. The highest BCUT2D eigenvalue weighted by Crippen LogP contribution is 2.25. The van der Waals surface area contributed by atoms with Crippen LogP contribution in [0.1, 0.15) is 21.6 Å². The smallest absolute Gasteiger partial charge is 0.277 e. The first-order valence-corrected chi connectivity index (χ1v) is 7.82. The predicted octanol–water partition coefficient (Wildman–Crippen LogP) is 3.66. The van der Waals surface area contributed by atoms with E-state index >= 15 is 0 Å². The fraction of sp³-hybridized carbons (Fsp3) is 0.188. The Balaban J connectivity index is 1.68. The molecule has 3 aromatic rings. The van der Waals surface area contributed by atoms with Gasteiger partial charge in [0.1, 0.15) is 0 Å². The molecule has 0 atom stereocenters. The van der Waals surface area contributed by atoms with Gasteiger partial charge in [0.15, 0.2) is 5.78 Å². The molecule has 2 heterocycles. The molecule has 1 aromatic carbocycles. The second-order valence-corrected chi connectivity index (χ2v) is 5.89. The molecule has 0 saturated heterocycles. The van der Waals surface area contributed by atoms with Crippen molar-refractivity contribution in [3.63, 3.8) is 0 Å². The monoisotopic (exact) mass is 313 g/mol. The fourth-order valence-corrected chi connectivity index (χ4v) is 2.61. The third kappa shape index (κ3) is 3.12. The molecule has 0 bridgehead atoms. The van der Waals surface area contributed by atoms with Gasteiger partial charge in [0.2, 0.25) is 5.89 Å². The van der Waals surface area contributed by atoms with E-state index in [2.05, 4.69) is 22.1 Å². The minimum absolute atomic E-state index is 0.000861. The van der Waals surface area contributed by atoms with E-state index in [1.54, 1.807) is 18.3 Å². The highest BCUT2D eigenvalue weighted by atomic mass is 32.2. The number of carbonyl (C=O) groups is 1. The molecule has 0 aliphatic rings. The van der Waals surface area contributed by atoms with Crippen LogP contribution < -0.4 is 0 Å². The highest BCUT2D eigenvalue weighted by molar-refractivity contribution is 7.99. The third-order valence-electron chi connectivity index (χ3n) is 3.39. The van der Waals surface area contributed by atoms with Gasteiger partial charge >= 0.3 is 0 Å². The van der Waals surface area contributed by atoms with E-state index in [-0.39, 0.29) is 11.5 Å². The Labute approximate surface area is 132 Å². The van der Waals surface area contributed by atoms with E-state index < -0.39 is 0 Å². The fourth-order valence-electron chi connectivity index (χ4n) is 1.97. The van der Waals surface area contributed by atoms with Gasteiger partial charge in [-0.1, -0.05) is 17.8 Å². The van der Waals surface area contributed by atoms with Crippen molar-refractivity contribution in [3.8, 4) is 11.5 Å². The molecule has 0 radical (unpaired) electrons. The van der Waals surface area contributed by atoms with Crippen LogP contribution in [0.5, 0.6) is 0 Å². The van der Waals surface area contributed by atoms with Crippen LogP contribution in [0.3, 0.4) is 0 Å². The summed E-state index contributed by atoms with van der Waals surface area (Å²) in [7, 11) is 0. The average Bonchev–Trinajstić information content (AvgIpc) is 3.19. The van der Waals surface area contributed by atoms with Crippen LogP contribution >= 0.6 is 11.8 Å². The zero-order chi connectivity index (χ0) is 15.5. The number of Topliss-reactive ketones (excluding diaryl/α,β-unsaturated/α-hetero) is 1. The number of H-pyrrole nitrogens is 1. The van der Waals surface area contributed by atoms with Gasteiger partial charge < -0.3 is 9.40 Å². The first kappa shape index (κ1) is 14.6. The summed E-state index contributed by atoms with van der Waals surface area (Å²) in [4.78, 5) is 14.8. The summed E-state index contributed by atoms with van der Waals surface area (Å²) >= 11 is 1.24. The van der Waals surface area contributed by atoms with Crippen LogP contribution in [-0.4, -0.2) is 26.7 Å². The number of benzene rings is 1. The zero-order valence-corrected chi connectivity index (χ0v) is 13.1. The molecule has 0 saturated carbocycles. The molecule has 0 aliphatic carbocycles. The molecule has 0 unspecified atom stereocenters. The van der Waals surface area contributed by atoms with E-state index in [1.165, 1.54) is 22.9 Å². The van der Waals surface area contributed by atoms with Gasteiger partial charge in [-0.2, -0.15) is 0 Å². The van der Waals surface area contributed by atoms with E-state index in [4.69, 9.17) is 4.42 Å². The SMILES string of the molecule is Cc1ccc(-c2nnc(SCC(=O)c3ccc[nH]3)o2)cc1C. The number of thioether (sulfide) groups is 1. The summed E-state index contributed by atoms with van der Waals surface area (Å²) in [5, 5.41) is 8.42. The quantitative estimate of drug-likeness (QED) is 0.575. The first-order chi connectivity index (χ1) is 10.6. The van der Waals surface area contributed by atoms with Crippen LogP contribution in [0.15, 0.2) is 46.2 Å². The first-order valence-electron chi connectivity index (χ1n) is 6.84. The Morgan fingerprint density at radius 1 is 1.23 bits per heavy atom. The number of nitrogens with one attached hydrogen (secondary N) is 1. The van der Waals surface area contributed by atoms with Crippen LogP contribution in [0.25, 0.3) is 11.5 Å². The molecule has 0 spiro atoms. The molecule has 112 valence electrons. The average molecular weight is 313 g/mol. The van der Waals surface area contributed by atoms with Crippen molar-refractivity contribution in [3.05, 3.63) is 53.3 Å². The molecule has 0 aliphatic heterocycles. The summed E-state index contributed by atoms with van der Waals surface area (Å²) in [6.45, 7) is 4.10. The van der Waals surface area contributed by atoms with Gasteiger partial charge in [-0.15, -0.1) is 10.2 Å². The Morgan fingerprint density at radius 3 is 2.82 bits per heavy atom. The lowest BCUT2D eigenvalue weighted by Gasteiger charge is -2.00. The molecule has 5 nitrogen and oxygen atoms in total. The lowest BCUT2D eigenvalue weighted by atomic mass is 10.1. The van der Waals surface area contributed by atoms with Crippen molar-refractivity contribution in [2.45, 2.75) is 19.1 Å². The van der Waals surface area contributed by atoms with Crippen LogP contribution in [0, 0.1) is 13.8 Å². The Bertz CT molecular complexity index is 794. The molecule has 3 rings (SSSR count). The van der Waals surface area contributed by atoms with Crippen molar-refractivity contribution >= 4 is 17.5 Å².